The molecule has 0 bridgehead atoms. The van der Waals surface area contributed by atoms with E-state index in [1.807, 2.05) is 24.3 Å². The SMILES string of the molecule is COc1ccc(Br)cc1C(=O)CCC(=O)OC(C)C(=O)c1c[nH]c2ccccc12. The van der Waals surface area contributed by atoms with Crippen LogP contribution in [0.2, 0.25) is 0 Å². The molecule has 1 heterocycles. The number of carbonyl (C=O) groups excluding carboxylic acids is 3. The van der Waals surface area contributed by atoms with Gasteiger partial charge in [0.05, 0.1) is 19.1 Å². The normalized spacial score (nSPS) is 11.8. The minimum atomic E-state index is -0.947. The fraction of sp³-hybridized carbons (Fsp3) is 0.227. The second-order valence-electron chi connectivity index (χ2n) is 6.51. The van der Waals surface area contributed by atoms with E-state index >= 15 is 0 Å². The number of halogens is 1. The molecule has 3 aromatic rings. The summed E-state index contributed by atoms with van der Waals surface area (Å²) in [6.45, 7) is 1.53. The zero-order valence-electron chi connectivity index (χ0n) is 16.0. The Hall–Kier alpha value is -2.93. The van der Waals surface area contributed by atoms with Crippen LogP contribution >= 0.6 is 15.9 Å². The highest BCUT2D eigenvalue weighted by Crippen LogP contribution is 2.25. The van der Waals surface area contributed by atoms with Crippen molar-refractivity contribution in [3.63, 3.8) is 0 Å². The predicted molar refractivity (Wildman–Crippen MR) is 112 cm³/mol. The number of Topliss-reactive ketones (excluding diaryl/α,β-unsaturated/α-hetero) is 2. The number of ether oxygens (including phenoxy) is 2. The van der Waals surface area contributed by atoms with Crippen LogP contribution in [0.3, 0.4) is 0 Å². The molecule has 0 radical (unpaired) electrons. The molecule has 0 aliphatic rings. The number of carbonyl (C=O) groups is 3. The molecule has 0 aliphatic carbocycles. The van der Waals surface area contributed by atoms with E-state index in [-0.39, 0.29) is 24.4 Å². The summed E-state index contributed by atoms with van der Waals surface area (Å²) in [6.07, 6.45) is 0.497. The van der Waals surface area contributed by atoms with Crippen molar-refractivity contribution in [3.05, 3.63) is 64.3 Å². The van der Waals surface area contributed by atoms with Crippen LogP contribution in [-0.4, -0.2) is 35.7 Å². The summed E-state index contributed by atoms with van der Waals surface area (Å²) < 4.78 is 11.2. The van der Waals surface area contributed by atoms with E-state index in [0.29, 0.717) is 16.9 Å². The Morgan fingerprint density at radius 3 is 2.59 bits per heavy atom. The van der Waals surface area contributed by atoms with Crippen molar-refractivity contribution in [2.24, 2.45) is 0 Å². The summed E-state index contributed by atoms with van der Waals surface area (Å²) in [5.74, 6) is -0.700. The first-order chi connectivity index (χ1) is 13.9. The van der Waals surface area contributed by atoms with Gasteiger partial charge in [-0.15, -0.1) is 0 Å². The van der Waals surface area contributed by atoms with Gasteiger partial charge in [-0.05, 0) is 31.2 Å². The van der Waals surface area contributed by atoms with Gasteiger partial charge in [0.2, 0.25) is 5.78 Å². The topological polar surface area (TPSA) is 85.5 Å². The van der Waals surface area contributed by atoms with E-state index in [4.69, 9.17) is 9.47 Å². The number of rotatable bonds is 8. The molecule has 1 unspecified atom stereocenters. The molecule has 0 aliphatic heterocycles. The van der Waals surface area contributed by atoms with Crippen molar-refractivity contribution in [1.82, 2.24) is 4.98 Å². The van der Waals surface area contributed by atoms with E-state index in [9.17, 15) is 14.4 Å². The Morgan fingerprint density at radius 1 is 1.07 bits per heavy atom. The number of fused-ring (bicyclic) bond motifs is 1. The number of methoxy groups -OCH3 is 1. The van der Waals surface area contributed by atoms with Crippen molar-refractivity contribution in [3.8, 4) is 5.75 Å². The summed E-state index contributed by atoms with van der Waals surface area (Å²) >= 11 is 3.32. The third-order valence-electron chi connectivity index (χ3n) is 4.55. The van der Waals surface area contributed by atoms with Crippen molar-refractivity contribution < 1.29 is 23.9 Å². The van der Waals surface area contributed by atoms with Crippen LogP contribution in [0.4, 0.5) is 0 Å². The number of aromatic nitrogens is 1. The molecule has 1 N–H and O–H groups in total. The largest absolute Gasteiger partial charge is 0.496 e. The molecule has 2 aromatic carbocycles. The van der Waals surface area contributed by atoms with Crippen LogP contribution in [0, 0.1) is 0 Å². The Labute approximate surface area is 176 Å². The second kappa shape index (κ2) is 9.05. The highest BCUT2D eigenvalue weighted by Gasteiger charge is 2.23. The molecule has 0 amide bonds. The lowest BCUT2D eigenvalue weighted by Crippen LogP contribution is -2.24. The molecule has 0 spiro atoms. The van der Waals surface area contributed by atoms with Crippen molar-refractivity contribution in [1.29, 1.82) is 0 Å². The number of aromatic amines is 1. The highest BCUT2D eigenvalue weighted by molar-refractivity contribution is 9.10. The lowest BCUT2D eigenvalue weighted by molar-refractivity contribution is -0.146. The predicted octanol–water partition coefficient (Wildman–Crippen LogP) is 4.72. The maximum Gasteiger partial charge on any atom is 0.306 e. The lowest BCUT2D eigenvalue weighted by atomic mass is 10.1. The van der Waals surface area contributed by atoms with E-state index in [1.165, 1.54) is 14.0 Å². The molecular weight excluding hydrogens is 438 g/mol. The van der Waals surface area contributed by atoms with E-state index in [0.717, 1.165) is 15.4 Å². The lowest BCUT2D eigenvalue weighted by Gasteiger charge is -2.12. The van der Waals surface area contributed by atoms with Gasteiger partial charge in [0, 0.05) is 33.6 Å². The molecule has 1 aromatic heterocycles. The number of esters is 1. The van der Waals surface area contributed by atoms with Crippen LogP contribution in [0.15, 0.2) is 53.1 Å². The van der Waals surface area contributed by atoms with E-state index in [1.54, 1.807) is 24.4 Å². The van der Waals surface area contributed by atoms with Crippen LogP contribution in [0.1, 0.15) is 40.5 Å². The first kappa shape index (κ1) is 20.8. The Kier molecular flexibility index (Phi) is 6.49. The third kappa shape index (κ3) is 4.74. The van der Waals surface area contributed by atoms with Gasteiger partial charge in [-0.1, -0.05) is 34.1 Å². The standard InChI is InChI=1S/C22H20BrNO5/c1-13(22(27)17-12-24-18-6-4-3-5-15(17)18)29-21(26)10-8-19(25)16-11-14(23)7-9-20(16)28-2/h3-7,9,11-13,24H,8,10H2,1-2H3. The van der Waals surface area contributed by atoms with E-state index < -0.39 is 12.1 Å². The molecule has 6 nitrogen and oxygen atoms in total. The van der Waals surface area contributed by atoms with Crippen molar-refractivity contribution in [2.45, 2.75) is 25.9 Å². The number of benzene rings is 2. The van der Waals surface area contributed by atoms with Gasteiger partial charge < -0.3 is 14.5 Å². The fourth-order valence-corrected chi connectivity index (χ4v) is 3.41. The molecule has 150 valence electrons. The van der Waals surface area contributed by atoms with Crippen LogP contribution in [-0.2, 0) is 9.53 Å². The fourth-order valence-electron chi connectivity index (χ4n) is 3.05. The van der Waals surface area contributed by atoms with Crippen molar-refractivity contribution >= 4 is 44.4 Å². The smallest absolute Gasteiger partial charge is 0.306 e. The summed E-state index contributed by atoms with van der Waals surface area (Å²) in [4.78, 5) is 40.3. The average molecular weight is 458 g/mol. The second-order valence-corrected chi connectivity index (χ2v) is 7.43. The number of ketones is 2. The molecular formula is C22H20BrNO5. The van der Waals surface area contributed by atoms with Gasteiger partial charge in [0.1, 0.15) is 5.75 Å². The van der Waals surface area contributed by atoms with Gasteiger partial charge >= 0.3 is 5.97 Å². The molecule has 7 heteroatoms. The summed E-state index contributed by atoms with van der Waals surface area (Å²) in [7, 11) is 1.48. The van der Waals surface area contributed by atoms with Gasteiger partial charge in [0.25, 0.3) is 0 Å². The van der Waals surface area contributed by atoms with Crippen LogP contribution < -0.4 is 4.74 Å². The molecule has 1 atom stereocenters. The minimum Gasteiger partial charge on any atom is -0.496 e. The number of hydrogen-bond donors (Lipinski definition) is 1. The Morgan fingerprint density at radius 2 is 1.83 bits per heavy atom. The number of hydrogen-bond acceptors (Lipinski definition) is 5. The zero-order chi connectivity index (χ0) is 21.0. The van der Waals surface area contributed by atoms with Gasteiger partial charge in [-0.3, -0.25) is 14.4 Å². The molecule has 0 saturated carbocycles. The monoisotopic (exact) mass is 457 g/mol. The first-order valence-electron chi connectivity index (χ1n) is 9.07. The quantitative estimate of drug-likeness (QED) is 0.390. The maximum atomic E-state index is 12.6. The first-order valence-corrected chi connectivity index (χ1v) is 9.86. The highest BCUT2D eigenvalue weighted by atomic mass is 79.9. The van der Waals surface area contributed by atoms with E-state index in [2.05, 4.69) is 20.9 Å². The molecule has 3 rings (SSSR count). The van der Waals surface area contributed by atoms with Crippen molar-refractivity contribution in [2.75, 3.05) is 7.11 Å². The molecule has 0 fully saturated rings. The summed E-state index contributed by atoms with van der Waals surface area (Å²) in [5, 5.41) is 0.775. The van der Waals surface area contributed by atoms with Crippen LogP contribution in [0.5, 0.6) is 5.75 Å². The Bertz CT molecular complexity index is 1070. The number of H-pyrrole nitrogens is 1. The minimum absolute atomic E-state index is 0.0420. The Balaban J connectivity index is 1.60. The third-order valence-corrected chi connectivity index (χ3v) is 5.04. The molecule has 29 heavy (non-hydrogen) atoms. The van der Waals surface area contributed by atoms with Crippen LogP contribution in [0.25, 0.3) is 10.9 Å². The van der Waals surface area contributed by atoms with Gasteiger partial charge in [0.15, 0.2) is 11.9 Å². The maximum absolute atomic E-state index is 12.6. The zero-order valence-corrected chi connectivity index (χ0v) is 17.6. The van der Waals surface area contributed by atoms with Gasteiger partial charge in [-0.2, -0.15) is 0 Å². The number of nitrogens with one attached hydrogen (secondary N) is 1. The molecule has 0 saturated heterocycles. The average Bonchev–Trinajstić information content (AvgIpc) is 3.15. The summed E-state index contributed by atoms with van der Waals surface area (Å²) in [5.41, 5.74) is 1.69. The number of para-hydroxylation sites is 1. The summed E-state index contributed by atoms with van der Waals surface area (Å²) in [6, 6.07) is 12.5. The van der Waals surface area contributed by atoms with Gasteiger partial charge in [-0.25, -0.2) is 0 Å².